The zero-order chi connectivity index (χ0) is 19.3. The van der Waals surface area contributed by atoms with Crippen LogP contribution in [0.25, 0.3) is 0 Å². The summed E-state index contributed by atoms with van der Waals surface area (Å²) in [5.74, 6) is 7.23. The molecule has 1 heterocycles. The largest absolute Gasteiger partial charge is 0.300 e. The molecule has 0 N–H and O–H groups in total. The Morgan fingerprint density at radius 3 is 2.30 bits per heavy atom. The first kappa shape index (κ1) is 19.4. The average molecular weight is 360 g/mol. The first-order valence-corrected chi connectivity index (χ1v) is 9.94. The van der Waals surface area contributed by atoms with E-state index < -0.39 is 0 Å². The molecule has 0 unspecified atom stereocenters. The summed E-state index contributed by atoms with van der Waals surface area (Å²) in [5.41, 5.74) is 3.52. The van der Waals surface area contributed by atoms with Crippen LogP contribution in [0.15, 0.2) is 54.6 Å². The summed E-state index contributed by atoms with van der Waals surface area (Å²) in [6.45, 7) is 8.42. The van der Waals surface area contributed by atoms with Crippen molar-refractivity contribution in [3.63, 3.8) is 0 Å². The first-order valence-electron chi connectivity index (χ1n) is 9.94. The summed E-state index contributed by atoms with van der Waals surface area (Å²) in [6, 6.07) is 18.8. The fraction of sp³-hybridized carbons (Fsp3) is 0.400. The van der Waals surface area contributed by atoms with Crippen molar-refractivity contribution in [1.82, 2.24) is 4.90 Å². The topological polar surface area (TPSA) is 20.3 Å². The molecule has 2 aromatic rings. The Kier molecular flexibility index (Phi) is 6.14. The molecule has 0 amide bonds. The van der Waals surface area contributed by atoms with Gasteiger partial charge in [0.2, 0.25) is 0 Å². The van der Waals surface area contributed by atoms with Crippen LogP contribution in [0.1, 0.15) is 62.6 Å². The van der Waals surface area contributed by atoms with E-state index in [-0.39, 0.29) is 11.3 Å². The van der Waals surface area contributed by atoms with Crippen LogP contribution in [0.3, 0.4) is 0 Å². The maximum Gasteiger partial charge on any atom is 0.129 e. The van der Waals surface area contributed by atoms with E-state index in [0.29, 0.717) is 12.3 Å². The SMILES string of the molecule is CCCN1C[C@H](c2ccc(C#Cc3ccccc3)cc2)[C@]1(C)CCC(C)=O. The second-order valence-corrected chi connectivity index (χ2v) is 7.80. The van der Waals surface area contributed by atoms with Gasteiger partial charge in [-0.15, -0.1) is 0 Å². The minimum atomic E-state index is 0.0823. The number of carbonyl (C=O) groups is 1. The van der Waals surface area contributed by atoms with Gasteiger partial charge < -0.3 is 4.79 Å². The molecule has 27 heavy (non-hydrogen) atoms. The van der Waals surface area contributed by atoms with E-state index in [4.69, 9.17) is 0 Å². The normalized spacial score (nSPS) is 21.8. The summed E-state index contributed by atoms with van der Waals surface area (Å²) in [4.78, 5) is 14.1. The van der Waals surface area contributed by atoms with Gasteiger partial charge in [0.25, 0.3) is 0 Å². The van der Waals surface area contributed by atoms with Crippen molar-refractivity contribution in [2.45, 2.75) is 51.5 Å². The molecular formula is C25H29NO. The molecule has 1 saturated heterocycles. The summed E-state index contributed by atoms with van der Waals surface area (Å²) in [7, 11) is 0. The molecule has 0 aromatic heterocycles. The smallest absolute Gasteiger partial charge is 0.129 e. The maximum absolute atomic E-state index is 11.5. The highest BCUT2D eigenvalue weighted by molar-refractivity contribution is 5.75. The van der Waals surface area contributed by atoms with E-state index in [2.05, 4.69) is 54.9 Å². The third-order valence-corrected chi connectivity index (χ3v) is 5.79. The fourth-order valence-electron chi connectivity index (χ4n) is 4.04. The van der Waals surface area contributed by atoms with Crippen LogP contribution in [0.2, 0.25) is 0 Å². The lowest BCUT2D eigenvalue weighted by molar-refractivity contribution is -0.119. The van der Waals surface area contributed by atoms with Gasteiger partial charge in [0, 0.05) is 35.5 Å². The van der Waals surface area contributed by atoms with Crippen molar-refractivity contribution >= 4 is 5.78 Å². The summed E-state index contributed by atoms with van der Waals surface area (Å²) < 4.78 is 0. The van der Waals surface area contributed by atoms with E-state index in [9.17, 15) is 4.79 Å². The quantitative estimate of drug-likeness (QED) is 0.675. The van der Waals surface area contributed by atoms with Crippen LogP contribution in [0.4, 0.5) is 0 Å². The Labute approximate surface area is 163 Å². The van der Waals surface area contributed by atoms with Gasteiger partial charge in [-0.25, -0.2) is 0 Å². The van der Waals surface area contributed by atoms with Crippen LogP contribution in [-0.2, 0) is 4.79 Å². The number of ketones is 1. The molecular weight excluding hydrogens is 330 g/mol. The molecule has 0 aliphatic carbocycles. The van der Waals surface area contributed by atoms with Gasteiger partial charge in [-0.1, -0.05) is 49.1 Å². The van der Waals surface area contributed by atoms with Crippen molar-refractivity contribution in [2.24, 2.45) is 0 Å². The Hall–Kier alpha value is -2.37. The molecule has 2 atom stereocenters. The Balaban J connectivity index is 1.74. The van der Waals surface area contributed by atoms with Crippen LogP contribution < -0.4 is 0 Å². The van der Waals surface area contributed by atoms with Gasteiger partial charge in [0.1, 0.15) is 5.78 Å². The van der Waals surface area contributed by atoms with Gasteiger partial charge >= 0.3 is 0 Å². The highest BCUT2D eigenvalue weighted by atomic mass is 16.1. The Morgan fingerprint density at radius 2 is 1.70 bits per heavy atom. The number of likely N-dealkylation sites (tertiary alicyclic amines) is 1. The molecule has 1 fully saturated rings. The highest BCUT2D eigenvalue weighted by Gasteiger charge is 2.49. The minimum Gasteiger partial charge on any atom is -0.300 e. The molecule has 2 aromatic carbocycles. The van der Waals surface area contributed by atoms with Crippen LogP contribution in [-0.4, -0.2) is 29.3 Å². The lowest BCUT2D eigenvalue weighted by Crippen LogP contribution is -2.64. The predicted octanol–water partition coefficient (Wildman–Crippen LogP) is 5.02. The van der Waals surface area contributed by atoms with Crippen LogP contribution in [0, 0.1) is 11.8 Å². The molecule has 0 spiro atoms. The summed E-state index contributed by atoms with van der Waals surface area (Å²) in [6.07, 6.45) is 2.74. The van der Waals surface area contributed by atoms with Crippen LogP contribution in [0.5, 0.6) is 0 Å². The van der Waals surface area contributed by atoms with E-state index in [1.807, 2.05) is 30.3 Å². The zero-order valence-corrected chi connectivity index (χ0v) is 16.7. The second-order valence-electron chi connectivity index (χ2n) is 7.80. The molecule has 140 valence electrons. The third kappa shape index (κ3) is 4.49. The Bertz CT molecular complexity index is 828. The zero-order valence-electron chi connectivity index (χ0n) is 16.7. The summed E-state index contributed by atoms with van der Waals surface area (Å²) >= 11 is 0. The predicted molar refractivity (Wildman–Crippen MR) is 112 cm³/mol. The lowest BCUT2D eigenvalue weighted by Gasteiger charge is -2.58. The van der Waals surface area contributed by atoms with Gasteiger partial charge in [0.15, 0.2) is 0 Å². The van der Waals surface area contributed by atoms with Gasteiger partial charge in [0.05, 0.1) is 0 Å². The fourth-order valence-corrected chi connectivity index (χ4v) is 4.04. The van der Waals surface area contributed by atoms with Gasteiger partial charge in [-0.05, 0) is 63.1 Å². The number of nitrogens with zero attached hydrogens (tertiary/aromatic N) is 1. The van der Waals surface area contributed by atoms with Gasteiger partial charge in [-0.2, -0.15) is 0 Å². The van der Waals surface area contributed by atoms with Crippen LogP contribution >= 0.6 is 0 Å². The Morgan fingerprint density at radius 1 is 1.07 bits per heavy atom. The van der Waals surface area contributed by atoms with Crippen molar-refractivity contribution in [1.29, 1.82) is 0 Å². The molecule has 1 aliphatic rings. The van der Waals surface area contributed by atoms with E-state index in [1.54, 1.807) is 6.92 Å². The van der Waals surface area contributed by atoms with Gasteiger partial charge in [-0.3, -0.25) is 4.90 Å². The lowest BCUT2D eigenvalue weighted by atomic mass is 9.68. The molecule has 1 aliphatic heterocycles. The van der Waals surface area contributed by atoms with E-state index in [1.165, 1.54) is 5.56 Å². The van der Waals surface area contributed by atoms with Crippen molar-refractivity contribution < 1.29 is 4.79 Å². The number of Topliss-reactive ketones (excluding diaryl/α,β-unsaturated/α-hetero) is 1. The van der Waals surface area contributed by atoms with E-state index >= 15 is 0 Å². The summed E-state index contributed by atoms with van der Waals surface area (Å²) in [5, 5.41) is 0. The van der Waals surface area contributed by atoms with E-state index in [0.717, 1.165) is 37.1 Å². The molecule has 3 rings (SSSR count). The molecule has 0 saturated carbocycles. The maximum atomic E-state index is 11.5. The molecule has 2 nitrogen and oxygen atoms in total. The van der Waals surface area contributed by atoms with Crippen molar-refractivity contribution in [3.8, 4) is 11.8 Å². The number of hydrogen-bond acceptors (Lipinski definition) is 2. The van der Waals surface area contributed by atoms with Crippen molar-refractivity contribution in [3.05, 3.63) is 71.3 Å². The first-order chi connectivity index (χ1) is 13.0. The third-order valence-electron chi connectivity index (χ3n) is 5.79. The minimum absolute atomic E-state index is 0.0823. The number of benzene rings is 2. The standard InChI is InChI=1S/C25H29NO/c1-4-18-26-19-24(25(26,3)17-16-20(2)27)23-14-12-22(13-15-23)11-10-21-8-6-5-7-9-21/h5-9,12-15,24H,4,16-19H2,1-3H3/t24-,25+/m1/s1. The monoisotopic (exact) mass is 359 g/mol. The second kappa shape index (κ2) is 8.55. The molecule has 2 heteroatoms. The molecule has 0 bridgehead atoms. The number of hydrogen-bond donors (Lipinski definition) is 0. The highest BCUT2D eigenvalue weighted by Crippen LogP contribution is 2.46. The number of carbonyl (C=O) groups excluding carboxylic acids is 1. The molecule has 0 radical (unpaired) electrons. The number of rotatable bonds is 6. The van der Waals surface area contributed by atoms with Crippen molar-refractivity contribution in [2.75, 3.05) is 13.1 Å². The average Bonchev–Trinajstić information content (AvgIpc) is 2.69.